The van der Waals surface area contributed by atoms with Gasteiger partial charge in [0.25, 0.3) is 10.1 Å². The molecule has 7 nitrogen and oxygen atoms in total. The second kappa shape index (κ2) is 7.27. The van der Waals surface area contributed by atoms with Crippen LogP contribution in [0.5, 0.6) is 11.5 Å². The Balaban J connectivity index is 1.59. The maximum Gasteiger partial charge on any atom is 0.341 e. The number of carbonyl (C=O) groups is 1. The molecule has 0 spiro atoms. The topological polar surface area (TPSA) is 99.1 Å². The third-order valence-corrected chi connectivity index (χ3v) is 6.43. The molecule has 1 fully saturated rings. The van der Waals surface area contributed by atoms with Crippen LogP contribution in [0.1, 0.15) is 24.3 Å². The molecule has 0 bridgehead atoms. The van der Waals surface area contributed by atoms with Crippen molar-refractivity contribution in [3.63, 3.8) is 0 Å². The zero-order chi connectivity index (χ0) is 19.9. The van der Waals surface area contributed by atoms with Crippen molar-refractivity contribution in [2.45, 2.75) is 35.9 Å². The van der Waals surface area contributed by atoms with Gasteiger partial charge in [-0.05, 0) is 37.1 Å². The minimum Gasteiger partial charge on any atom is -0.485 e. The molecule has 28 heavy (non-hydrogen) atoms. The van der Waals surface area contributed by atoms with E-state index in [9.17, 15) is 13.2 Å². The van der Waals surface area contributed by atoms with E-state index >= 15 is 0 Å². The fourth-order valence-corrected chi connectivity index (χ4v) is 5.16. The molecule has 2 aliphatic rings. The van der Waals surface area contributed by atoms with Crippen LogP contribution >= 0.6 is 11.6 Å². The number of aliphatic carboxylic acids is 1. The standard InChI is InChI=1S/C19H17ClO7S/c20-11-3-1-4-12(9-11)28(23,24)27-15-8-7-14-18(15)13-5-2-6-16(19(13)26-14)25-10-17(21)22/h1-6,9,14-15,18H,7-8,10H2,(H,21,22). The highest BCUT2D eigenvalue weighted by molar-refractivity contribution is 7.86. The third-order valence-electron chi connectivity index (χ3n) is 4.86. The highest BCUT2D eigenvalue weighted by Gasteiger charge is 2.48. The first-order valence-corrected chi connectivity index (χ1v) is 10.5. The predicted molar refractivity (Wildman–Crippen MR) is 99.5 cm³/mol. The van der Waals surface area contributed by atoms with Crippen molar-refractivity contribution in [1.29, 1.82) is 0 Å². The van der Waals surface area contributed by atoms with E-state index in [0.29, 0.717) is 29.4 Å². The van der Waals surface area contributed by atoms with Gasteiger partial charge in [0.05, 0.1) is 16.9 Å². The molecule has 9 heteroatoms. The van der Waals surface area contributed by atoms with Crippen LogP contribution in [0.4, 0.5) is 0 Å². The Hall–Kier alpha value is -2.29. The summed E-state index contributed by atoms with van der Waals surface area (Å²) in [7, 11) is -3.99. The second-order valence-corrected chi connectivity index (χ2v) is 8.67. The van der Waals surface area contributed by atoms with Gasteiger partial charge in [0.2, 0.25) is 0 Å². The van der Waals surface area contributed by atoms with Crippen molar-refractivity contribution in [2.75, 3.05) is 6.61 Å². The number of ether oxygens (including phenoxy) is 2. The predicted octanol–water partition coefficient (Wildman–Crippen LogP) is 3.22. The molecular formula is C19H17ClO7S. The summed E-state index contributed by atoms with van der Waals surface area (Å²) in [6.07, 6.45) is 0.302. The van der Waals surface area contributed by atoms with Gasteiger partial charge in [-0.1, -0.05) is 29.8 Å². The molecule has 2 aromatic carbocycles. The van der Waals surface area contributed by atoms with Gasteiger partial charge in [-0.2, -0.15) is 8.42 Å². The molecule has 4 rings (SSSR count). The third kappa shape index (κ3) is 3.55. The average molecular weight is 425 g/mol. The SMILES string of the molecule is O=C(O)COc1cccc2c1OC1CCC(OS(=O)(=O)c3cccc(Cl)c3)C21. The molecule has 3 unspecified atom stereocenters. The van der Waals surface area contributed by atoms with Gasteiger partial charge in [0.1, 0.15) is 6.10 Å². The van der Waals surface area contributed by atoms with Gasteiger partial charge < -0.3 is 14.6 Å². The Morgan fingerprint density at radius 1 is 1.21 bits per heavy atom. The molecule has 1 heterocycles. The zero-order valence-electron chi connectivity index (χ0n) is 14.6. The molecule has 0 amide bonds. The first-order chi connectivity index (χ1) is 13.3. The number of carboxylic acids is 1. The van der Waals surface area contributed by atoms with E-state index in [4.69, 9.17) is 30.4 Å². The first-order valence-electron chi connectivity index (χ1n) is 8.68. The zero-order valence-corrected chi connectivity index (χ0v) is 16.2. The quantitative estimate of drug-likeness (QED) is 0.710. The molecule has 3 atom stereocenters. The summed E-state index contributed by atoms with van der Waals surface area (Å²) in [4.78, 5) is 10.8. The minimum absolute atomic E-state index is 0.00105. The molecule has 0 saturated heterocycles. The number of halogens is 1. The lowest BCUT2D eigenvalue weighted by molar-refractivity contribution is -0.139. The van der Waals surface area contributed by atoms with Crippen molar-refractivity contribution >= 4 is 27.7 Å². The summed E-state index contributed by atoms with van der Waals surface area (Å²) in [6.45, 7) is -0.488. The Kier molecular flexibility index (Phi) is 4.95. The van der Waals surface area contributed by atoms with Crippen LogP contribution in [0.2, 0.25) is 5.02 Å². The number of benzene rings is 2. The van der Waals surface area contributed by atoms with E-state index in [0.717, 1.165) is 5.56 Å². The van der Waals surface area contributed by atoms with Gasteiger partial charge in [0, 0.05) is 10.6 Å². The van der Waals surface area contributed by atoms with Crippen molar-refractivity contribution in [3.05, 3.63) is 53.1 Å². The normalized spacial score (nSPS) is 23.0. The number of para-hydroxylation sites is 1. The van der Waals surface area contributed by atoms with Gasteiger partial charge >= 0.3 is 5.97 Å². The van der Waals surface area contributed by atoms with E-state index < -0.39 is 28.8 Å². The molecule has 1 aliphatic heterocycles. The molecule has 148 valence electrons. The highest BCUT2D eigenvalue weighted by atomic mass is 35.5. The summed E-state index contributed by atoms with van der Waals surface area (Å²) >= 11 is 5.90. The monoisotopic (exact) mass is 424 g/mol. The second-order valence-electron chi connectivity index (χ2n) is 6.66. The Morgan fingerprint density at radius 2 is 2.00 bits per heavy atom. The van der Waals surface area contributed by atoms with Crippen LogP contribution < -0.4 is 9.47 Å². The van der Waals surface area contributed by atoms with E-state index in [-0.39, 0.29) is 16.9 Å². The molecule has 0 radical (unpaired) electrons. The number of carboxylic acid groups (broad SMARTS) is 1. The lowest BCUT2D eigenvalue weighted by Crippen LogP contribution is -2.24. The molecule has 1 N–H and O–H groups in total. The molecule has 1 saturated carbocycles. The molecule has 0 aromatic heterocycles. The lowest BCUT2D eigenvalue weighted by atomic mass is 9.95. The lowest BCUT2D eigenvalue weighted by Gasteiger charge is -2.18. The maximum atomic E-state index is 12.7. The molecular weight excluding hydrogens is 408 g/mol. The summed E-state index contributed by atoms with van der Waals surface area (Å²) in [5, 5.41) is 9.13. The molecule has 1 aliphatic carbocycles. The number of hydrogen-bond acceptors (Lipinski definition) is 6. The van der Waals surface area contributed by atoms with Crippen molar-refractivity contribution in [2.24, 2.45) is 0 Å². The van der Waals surface area contributed by atoms with E-state index in [1.807, 2.05) is 6.07 Å². The number of hydrogen-bond donors (Lipinski definition) is 1. The van der Waals surface area contributed by atoms with Crippen LogP contribution in [-0.4, -0.2) is 38.3 Å². The van der Waals surface area contributed by atoms with Crippen LogP contribution in [0.25, 0.3) is 0 Å². The van der Waals surface area contributed by atoms with Crippen molar-refractivity contribution in [3.8, 4) is 11.5 Å². The smallest absolute Gasteiger partial charge is 0.341 e. The molecule has 2 aromatic rings. The van der Waals surface area contributed by atoms with Gasteiger partial charge in [-0.25, -0.2) is 4.79 Å². The minimum atomic E-state index is -3.99. The highest BCUT2D eigenvalue weighted by Crippen LogP contribution is 2.52. The fourth-order valence-electron chi connectivity index (χ4n) is 3.73. The fraction of sp³-hybridized carbons (Fsp3) is 0.316. The van der Waals surface area contributed by atoms with E-state index in [1.165, 1.54) is 12.1 Å². The summed E-state index contributed by atoms with van der Waals surface area (Å²) in [5.41, 5.74) is 0.761. The Bertz CT molecular complexity index is 1020. The van der Waals surface area contributed by atoms with E-state index in [1.54, 1.807) is 24.3 Å². The van der Waals surface area contributed by atoms with Crippen LogP contribution in [0.15, 0.2) is 47.4 Å². The maximum absolute atomic E-state index is 12.7. The number of fused-ring (bicyclic) bond motifs is 3. The van der Waals surface area contributed by atoms with Gasteiger partial charge in [0.15, 0.2) is 18.1 Å². The summed E-state index contributed by atoms with van der Waals surface area (Å²) < 4.78 is 42.1. The summed E-state index contributed by atoms with van der Waals surface area (Å²) in [6, 6.07) is 11.1. The Morgan fingerprint density at radius 3 is 2.75 bits per heavy atom. The van der Waals surface area contributed by atoms with Crippen molar-refractivity contribution in [1.82, 2.24) is 0 Å². The van der Waals surface area contributed by atoms with E-state index in [2.05, 4.69) is 0 Å². The average Bonchev–Trinajstić information content (AvgIpc) is 3.20. The van der Waals surface area contributed by atoms with Crippen LogP contribution in [0, 0.1) is 0 Å². The van der Waals surface area contributed by atoms with Crippen LogP contribution in [-0.2, 0) is 19.1 Å². The Labute approximate surface area is 166 Å². The van der Waals surface area contributed by atoms with Gasteiger partial charge in [-0.3, -0.25) is 4.18 Å². The summed E-state index contributed by atoms with van der Waals surface area (Å²) in [5.74, 6) is -0.597. The van der Waals surface area contributed by atoms with Crippen LogP contribution in [0.3, 0.4) is 0 Å². The number of rotatable bonds is 6. The largest absolute Gasteiger partial charge is 0.485 e. The first kappa shape index (κ1) is 19.0. The van der Waals surface area contributed by atoms with Gasteiger partial charge in [-0.15, -0.1) is 0 Å². The van der Waals surface area contributed by atoms with Crippen molar-refractivity contribution < 1.29 is 32.0 Å².